The van der Waals surface area contributed by atoms with Gasteiger partial charge in [0.15, 0.2) is 0 Å². The number of nitrogens with zero attached hydrogens (tertiary/aromatic N) is 2. The third-order valence-corrected chi connectivity index (χ3v) is 3.40. The first-order chi connectivity index (χ1) is 8.76. The zero-order valence-corrected chi connectivity index (χ0v) is 11.1. The van der Waals surface area contributed by atoms with Crippen molar-refractivity contribution in [3.63, 3.8) is 0 Å². The lowest BCUT2D eigenvalue weighted by molar-refractivity contribution is 0.617. The number of hydrogen-bond donors (Lipinski definition) is 1. The van der Waals surface area contributed by atoms with E-state index >= 15 is 0 Å². The first-order valence-electron chi connectivity index (χ1n) is 6.58. The molecule has 0 fully saturated rings. The Labute approximate surface area is 109 Å². The summed E-state index contributed by atoms with van der Waals surface area (Å²) in [5.41, 5.74) is 9.96. The molecule has 0 aliphatic rings. The van der Waals surface area contributed by atoms with E-state index in [4.69, 9.17) is 5.73 Å². The van der Waals surface area contributed by atoms with E-state index in [1.165, 1.54) is 11.1 Å². The Morgan fingerprint density at radius 3 is 2.61 bits per heavy atom. The molecule has 3 heteroatoms. The van der Waals surface area contributed by atoms with Crippen LogP contribution in [0.25, 0.3) is 0 Å². The van der Waals surface area contributed by atoms with Crippen LogP contribution in [0.2, 0.25) is 0 Å². The maximum absolute atomic E-state index is 6.10. The Morgan fingerprint density at radius 1 is 1.22 bits per heavy atom. The van der Waals surface area contributed by atoms with Crippen LogP contribution in [0.5, 0.6) is 0 Å². The molecular formula is C15H21N3. The molecule has 0 bridgehead atoms. The molecule has 1 aromatic heterocycles. The van der Waals surface area contributed by atoms with Crippen molar-refractivity contribution in [3.8, 4) is 0 Å². The van der Waals surface area contributed by atoms with Gasteiger partial charge in [0.25, 0.3) is 0 Å². The molecule has 0 unspecified atom stereocenters. The lowest BCUT2D eigenvalue weighted by atomic mass is 10.1. The number of hydrogen-bond acceptors (Lipinski definition) is 2. The molecule has 3 nitrogen and oxygen atoms in total. The second kappa shape index (κ2) is 5.83. The highest BCUT2D eigenvalue weighted by atomic mass is 15.1. The fourth-order valence-electron chi connectivity index (χ4n) is 2.22. The highest BCUT2D eigenvalue weighted by molar-refractivity contribution is 5.27. The fraction of sp³-hybridized carbons (Fsp3) is 0.400. The minimum absolute atomic E-state index is 0.0706. The quantitative estimate of drug-likeness (QED) is 0.877. The Morgan fingerprint density at radius 2 is 1.94 bits per heavy atom. The van der Waals surface area contributed by atoms with Crippen LogP contribution in [0.4, 0.5) is 0 Å². The fourth-order valence-corrected chi connectivity index (χ4v) is 2.22. The van der Waals surface area contributed by atoms with Gasteiger partial charge in [0.05, 0.1) is 12.0 Å². The van der Waals surface area contributed by atoms with Crippen molar-refractivity contribution in [1.29, 1.82) is 0 Å². The first kappa shape index (κ1) is 12.8. The Balaban J connectivity index is 2.26. The lowest BCUT2D eigenvalue weighted by Crippen LogP contribution is -2.15. The molecule has 0 radical (unpaired) electrons. The summed E-state index contributed by atoms with van der Waals surface area (Å²) in [7, 11) is 0. The standard InChI is InChI=1S/C15H21N3/c1-3-12-7-5-6-8-13(12)10-18-11-17-9-15(18)14(16)4-2/h5-9,11,14H,3-4,10,16H2,1-2H3/t14-/m1/s1. The summed E-state index contributed by atoms with van der Waals surface area (Å²) in [6.45, 7) is 5.14. The van der Waals surface area contributed by atoms with Crippen molar-refractivity contribution in [2.24, 2.45) is 5.73 Å². The number of rotatable bonds is 5. The second-order valence-electron chi connectivity index (χ2n) is 4.58. The van der Waals surface area contributed by atoms with E-state index in [1.54, 1.807) is 0 Å². The maximum Gasteiger partial charge on any atom is 0.0951 e. The summed E-state index contributed by atoms with van der Waals surface area (Å²) >= 11 is 0. The van der Waals surface area contributed by atoms with Gasteiger partial charge in [-0.15, -0.1) is 0 Å². The summed E-state index contributed by atoms with van der Waals surface area (Å²) in [6.07, 6.45) is 5.74. The van der Waals surface area contributed by atoms with Crippen LogP contribution in [0.3, 0.4) is 0 Å². The summed E-state index contributed by atoms with van der Waals surface area (Å²) < 4.78 is 2.16. The highest BCUT2D eigenvalue weighted by Crippen LogP contribution is 2.17. The average Bonchev–Trinajstić information content (AvgIpc) is 2.86. The minimum atomic E-state index is 0.0706. The second-order valence-corrected chi connectivity index (χ2v) is 4.58. The zero-order valence-electron chi connectivity index (χ0n) is 11.1. The first-order valence-corrected chi connectivity index (χ1v) is 6.58. The lowest BCUT2D eigenvalue weighted by Gasteiger charge is -2.14. The van der Waals surface area contributed by atoms with Gasteiger partial charge in [-0.1, -0.05) is 38.1 Å². The molecule has 0 aliphatic carbocycles. The third-order valence-electron chi connectivity index (χ3n) is 3.40. The Bertz CT molecular complexity index is 502. The average molecular weight is 243 g/mol. The molecule has 1 aromatic carbocycles. The van der Waals surface area contributed by atoms with Gasteiger partial charge in [0.2, 0.25) is 0 Å². The molecule has 2 aromatic rings. The topological polar surface area (TPSA) is 43.8 Å². The van der Waals surface area contributed by atoms with E-state index < -0.39 is 0 Å². The van der Waals surface area contributed by atoms with Crippen molar-refractivity contribution in [1.82, 2.24) is 9.55 Å². The molecular weight excluding hydrogens is 222 g/mol. The number of aromatic nitrogens is 2. The van der Waals surface area contributed by atoms with E-state index in [1.807, 2.05) is 12.5 Å². The van der Waals surface area contributed by atoms with Crippen LogP contribution in [0, 0.1) is 0 Å². The zero-order chi connectivity index (χ0) is 13.0. The number of nitrogens with two attached hydrogens (primary N) is 1. The van der Waals surface area contributed by atoms with Gasteiger partial charge in [-0.05, 0) is 24.0 Å². The molecule has 2 rings (SSSR count). The van der Waals surface area contributed by atoms with Gasteiger partial charge in [0, 0.05) is 18.8 Å². The molecule has 0 spiro atoms. The maximum atomic E-state index is 6.10. The van der Waals surface area contributed by atoms with Gasteiger partial charge in [0.1, 0.15) is 0 Å². The predicted octanol–water partition coefficient (Wildman–Crippen LogP) is 2.90. The normalized spacial score (nSPS) is 12.6. The predicted molar refractivity (Wildman–Crippen MR) is 74.4 cm³/mol. The molecule has 0 saturated carbocycles. The van der Waals surface area contributed by atoms with Gasteiger partial charge in [-0.2, -0.15) is 0 Å². The van der Waals surface area contributed by atoms with Crippen molar-refractivity contribution < 1.29 is 0 Å². The molecule has 2 N–H and O–H groups in total. The van der Waals surface area contributed by atoms with Crippen LogP contribution >= 0.6 is 0 Å². The number of imidazole rings is 1. The van der Waals surface area contributed by atoms with Crippen molar-refractivity contribution in [2.75, 3.05) is 0 Å². The minimum Gasteiger partial charge on any atom is -0.329 e. The molecule has 1 atom stereocenters. The monoisotopic (exact) mass is 243 g/mol. The van der Waals surface area contributed by atoms with Gasteiger partial charge >= 0.3 is 0 Å². The Hall–Kier alpha value is -1.61. The highest BCUT2D eigenvalue weighted by Gasteiger charge is 2.10. The van der Waals surface area contributed by atoms with Crippen LogP contribution < -0.4 is 5.73 Å². The largest absolute Gasteiger partial charge is 0.329 e. The van der Waals surface area contributed by atoms with E-state index in [-0.39, 0.29) is 6.04 Å². The molecule has 96 valence electrons. The molecule has 0 amide bonds. The van der Waals surface area contributed by atoms with E-state index in [0.717, 1.165) is 25.1 Å². The molecule has 18 heavy (non-hydrogen) atoms. The smallest absolute Gasteiger partial charge is 0.0951 e. The van der Waals surface area contributed by atoms with Crippen LogP contribution in [-0.2, 0) is 13.0 Å². The van der Waals surface area contributed by atoms with E-state index in [0.29, 0.717) is 0 Å². The summed E-state index contributed by atoms with van der Waals surface area (Å²) in [5, 5.41) is 0. The van der Waals surface area contributed by atoms with Crippen LogP contribution in [-0.4, -0.2) is 9.55 Å². The van der Waals surface area contributed by atoms with E-state index in [9.17, 15) is 0 Å². The van der Waals surface area contributed by atoms with Gasteiger partial charge in [-0.25, -0.2) is 4.98 Å². The van der Waals surface area contributed by atoms with Crippen LogP contribution in [0.15, 0.2) is 36.8 Å². The molecule has 0 saturated heterocycles. The van der Waals surface area contributed by atoms with Crippen molar-refractivity contribution in [2.45, 2.75) is 39.3 Å². The van der Waals surface area contributed by atoms with Crippen molar-refractivity contribution >= 4 is 0 Å². The third kappa shape index (κ3) is 2.62. The summed E-state index contributed by atoms with van der Waals surface area (Å²) in [6, 6.07) is 8.62. The number of aryl methyl sites for hydroxylation is 1. The molecule has 0 aliphatic heterocycles. The summed E-state index contributed by atoms with van der Waals surface area (Å²) in [5.74, 6) is 0. The SMILES string of the molecule is CCc1ccccc1Cn1cncc1[C@H](N)CC. The van der Waals surface area contributed by atoms with Gasteiger partial charge in [-0.3, -0.25) is 0 Å². The van der Waals surface area contributed by atoms with Crippen LogP contribution in [0.1, 0.15) is 43.1 Å². The van der Waals surface area contributed by atoms with E-state index in [2.05, 4.69) is 47.7 Å². The number of benzene rings is 1. The Kier molecular flexibility index (Phi) is 4.15. The van der Waals surface area contributed by atoms with Crippen molar-refractivity contribution in [3.05, 3.63) is 53.6 Å². The molecule has 1 heterocycles. The van der Waals surface area contributed by atoms with Gasteiger partial charge < -0.3 is 10.3 Å². The summed E-state index contributed by atoms with van der Waals surface area (Å²) in [4.78, 5) is 4.23.